The largest absolute Gasteiger partial charge is 0.496 e. The Morgan fingerprint density at radius 3 is 3.17 bits per heavy atom. The van der Waals surface area contributed by atoms with Crippen molar-refractivity contribution in [1.29, 1.82) is 0 Å². The van der Waals surface area contributed by atoms with E-state index in [1.165, 1.54) is 16.8 Å². The molecule has 3 aromatic rings. The van der Waals surface area contributed by atoms with E-state index < -0.39 is 0 Å². The first-order valence-corrected chi connectivity index (χ1v) is 8.20. The number of aromatic amines is 1. The van der Waals surface area contributed by atoms with Crippen LogP contribution in [-0.4, -0.2) is 27.4 Å². The lowest BCUT2D eigenvalue weighted by Crippen LogP contribution is -2.12. The predicted octanol–water partition coefficient (Wildman–Crippen LogP) is 2.97. The van der Waals surface area contributed by atoms with Crippen molar-refractivity contribution in [3.8, 4) is 5.75 Å². The number of rotatable bonds is 4. The van der Waals surface area contributed by atoms with Gasteiger partial charge in [0.05, 0.1) is 13.3 Å². The number of aryl methyl sites for hydroxylation is 2. The van der Waals surface area contributed by atoms with Gasteiger partial charge >= 0.3 is 0 Å². The summed E-state index contributed by atoms with van der Waals surface area (Å²) in [6.45, 7) is 2.06. The molecule has 6 heteroatoms. The molecule has 0 amide bonds. The molecule has 4 rings (SSSR count). The van der Waals surface area contributed by atoms with Crippen molar-refractivity contribution in [2.45, 2.75) is 38.5 Å². The van der Waals surface area contributed by atoms with Crippen LogP contribution >= 0.6 is 0 Å². The number of methoxy groups -OCH3 is 1. The molecular weight excluding hydrogens is 304 g/mol. The molecule has 1 atom stereocenters. The molecule has 1 unspecified atom stereocenters. The molecule has 1 N–H and O–H groups in total. The summed E-state index contributed by atoms with van der Waals surface area (Å²) >= 11 is 0. The standard InChI is InChI=1S/C18H20N4O2/c1-11-3-6-16(23-2)14(7-11)9-17-20-18(24-22-17)12-4-5-13-10-19-21-15(13)8-12/h3,6-7,10,12H,4-5,8-9H2,1-2H3,(H,19,21). The number of H-pyrrole nitrogens is 1. The van der Waals surface area contributed by atoms with E-state index in [0.717, 1.165) is 36.5 Å². The highest BCUT2D eigenvalue weighted by Gasteiger charge is 2.26. The summed E-state index contributed by atoms with van der Waals surface area (Å²) in [5, 5.41) is 11.4. The maximum Gasteiger partial charge on any atom is 0.230 e. The van der Waals surface area contributed by atoms with Crippen LogP contribution in [0.15, 0.2) is 28.9 Å². The monoisotopic (exact) mass is 324 g/mol. The Kier molecular flexibility index (Phi) is 3.80. The first-order chi connectivity index (χ1) is 11.7. The molecule has 0 saturated carbocycles. The molecule has 0 saturated heterocycles. The summed E-state index contributed by atoms with van der Waals surface area (Å²) in [6, 6.07) is 6.12. The van der Waals surface area contributed by atoms with Crippen LogP contribution in [-0.2, 0) is 19.3 Å². The van der Waals surface area contributed by atoms with Gasteiger partial charge in [-0.3, -0.25) is 5.10 Å². The Labute approximate surface area is 140 Å². The van der Waals surface area contributed by atoms with Crippen LogP contribution in [0.1, 0.15) is 46.4 Å². The molecular formula is C18H20N4O2. The summed E-state index contributed by atoms with van der Waals surface area (Å²) in [5.41, 5.74) is 4.75. The Hall–Kier alpha value is -2.63. The molecule has 2 aromatic heterocycles. The molecule has 0 spiro atoms. The van der Waals surface area contributed by atoms with Crippen LogP contribution in [0.2, 0.25) is 0 Å². The van der Waals surface area contributed by atoms with E-state index >= 15 is 0 Å². The number of ether oxygens (including phenoxy) is 1. The fraction of sp³-hybridized carbons (Fsp3) is 0.389. The fourth-order valence-electron chi connectivity index (χ4n) is 3.34. The summed E-state index contributed by atoms with van der Waals surface area (Å²) in [7, 11) is 1.68. The Morgan fingerprint density at radius 2 is 2.29 bits per heavy atom. The van der Waals surface area contributed by atoms with Gasteiger partial charge in [-0.2, -0.15) is 10.1 Å². The third-order valence-electron chi connectivity index (χ3n) is 4.64. The molecule has 0 radical (unpaired) electrons. The van der Waals surface area contributed by atoms with Gasteiger partial charge in [0.1, 0.15) is 5.75 Å². The van der Waals surface area contributed by atoms with E-state index in [4.69, 9.17) is 9.26 Å². The van der Waals surface area contributed by atoms with Crippen molar-refractivity contribution >= 4 is 0 Å². The lowest BCUT2D eigenvalue weighted by atomic mass is 9.88. The van der Waals surface area contributed by atoms with Gasteiger partial charge in [-0.1, -0.05) is 22.9 Å². The molecule has 2 heterocycles. The van der Waals surface area contributed by atoms with Crippen LogP contribution in [0, 0.1) is 6.92 Å². The second-order valence-electron chi connectivity index (χ2n) is 6.35. The van der Waals surface area contributed by atoms with Crippen LogP contribution in [0.5, 0.6) is 5.75 Å². The minimum atomic E-state index is 0.263. The van der Waals surface area contributed by atoms with Gasteiger partial charge in [-0.25, -0.2) is 0 Å². The smallest absolute Gasteiger partial charge is 0.230 e. The average Bonchev–Trinajstić information content (AvgIpc) is 3.23. The van der Waals surface area contributed by atoms with E-state index in [1.54, 1.807) is 7.11 Å². The molecule has 0 fully saturated rings. The summed E-state index contributed by atoms with van der Waals surface area (Å²) < 4.78 is 11.0. The van der Waals surface area contributed by atoms with Crippen LogP contribution < -0.4 is 4.74 Å². The number of nitrogens with zero attached hydrogens (tertiary/aromatic N) is 3. The van der Waals surface area contributed by atoms with Gasteiger partial charge in [0.25, 0.3) is 0 Å². The van der Waals surface area contributed by atoms with Crippen molar-refractivity contribution in [2.75, 3.05) is 7.11 Å². The van der Waals surface area contributed by atoms with Crippen molar-refractivity contribution in [1.82, 2.24) is 20.3 Å². The average molecular weight is 324 g/mol. The fourth-order valence-corrected chi connectivity index (χ4v) is 3.34. The van der Waals surface area contributed by atoms with Crippen molar-refractivity contribution in [2.24, 2.45) is 0 Å². The topological polar surface area (TPSA) is 76.8 Å². The molecule has 124 valence electrons. The number of hydrogen-bond acceptors (Lipinski definition) is 5. The third kappa shape index (κ3) is 2.79. The second-order valence-corrected chi connectivity index (χ2v) is 6.35. The highest BCUT2D eigenvalue weighted by molar-refractivity contribution is 5.38. The molecule has 1 aliphatic carbocycles. The van der Waals surface area contributed by atoms with Crippen LogP contribution in [0.25, 0.3) is 0 Å². The number of benzene rings is 1. The number of fused-ring (bicyclic) bond motifs is 1. The van der Waals surface area contributed by atoms with Gasteiger partial charge in [0.15, 0.2) is 5.82 Å². The van der Waals surface area contributed by atoms with Gasteiger partial charge < -0.3 is 9.26 Å². The number of nitrogens with one attached hydrogen (secondary N) is 1. The molecule has 0 aliphatic heterocycles. The molecule has 1 aromatic carbocycles. The zero-order chi connectivity index (χ0) is 16.5. The highest BCUT2D eigenvalue weighted by atomic mass is 16.5. The normalized spacial score (nSPS) is 16.8. The molecule has 6 nitrogen and oxygen atoms in total. The van der Waals surface area contributed by atoms with Crippen molar-refractivity contribution in [3.05, 3.63) is 58.5 Å². The SMILES string of the molecule is COc1ccc(C)cc1Cc1noc(C2CCc3cn[nH]c3C2)n1. The summed E-state index contributed by atoms with van der Waals surface area (Å²) in [6.07, 6.45) is 5.41. The lowest BCUT2D eigenvalue weighted by Gasteiger charge is -2.17. The molecule has 24 heavy (non-hydrogen) atoms. The Balaban J connectivity index is 1.53. The van der Waals surface area contributed by atoms with E-state index in [1.807, 2.05) is 18.3 Å². The van der Waals surface area contributed by atoms with Gasteiger partial charge in [-0.15, -0.1) is 0 Å². The van der Waals surface area contributed by atoms with Crippen LogP contribution in [0.4, 0.5) is 0 Å². The van der Waals surface area contributed by atoms with Crippen LogP contribution in [0.3, 0.4) is 0 Å². The third-order valence-corrected chi connectivity index (χ3v) is 4.64. The highest BCUT2D eigenvalue weighted by Crippen LogP contribution is 2.31. The molecule has 0 bridgehead atoms. The van der Waals surface area contributed by atoms with E-state index in [0.29, 0.717) is 12.2 Å². The predicted molar refractivity (Wildman–Crippen MR) is 88.2 cm³/mol. The zero-order valence-electron chi connectivity index (χ0n) is 13.9. The van der Waals surface area contributed by atoms with E-state index in [2.05, 4.69) is 33.3 Å². The van der Waals surface area contributed by atoms with Crippen molar-refractivity contribution < 1.29 is 9.26 Å². The second kappa shape index (κ2) is 6.11. The first kappa shape index (κ1) is 14.9. The Bertz CT molecular complexity index is 852. The van der Waals surface area contributed by atoms with E-state index in [9.17, 15) is 0 Å². The number of hydrogen-bond donors (Lipinski definition) is 1. The Morgan fingerprint density at radius 1 is 1.38 bits per heavy atom. The summed E-state index contributed by atoms with van der Waals surface area (Å²) in [4.78, 5) is 4.62. The van der Waals surface area contributed by atoms with Gasteiger partial charge in [-0.05, 0) is 31.4 Å². The van der Waals surface area contributed by atoms with Gasteiger partial charge in [0.2, 0.25) is 5.89 Å². The summed E-state index contributed by atoms with van der Waals surface area (Å²) in [5.74, 6) is 2.53. The zero-order valence-corrected chi connectivity index (χ0v) is 13.9. The first-order valence-electron chi connectivity index (χ1n) is 8.20. The van der Waals surface area contributed by atoms with Crippen molar-refractivity contribution in [3.63, 3.8) is 0 Å². The minimum absolute atomic E-state index is 0.263. The number of aromatic nitrogens is 4. The maximum absolute atomic E-state index is 5.54. The maximum atomic E-state index is 5.54. The van der Waals surface area contributed by atoms with E-state index in [-0.39, 0.29) is 5.92 Å². The van der Waals surface area contributed by atoms with Gasteiger partial charge in [0, 0.05) is 30.0 Å². The quantitative estimate of drug-likeness (QED) is 0.798. The lowest BCUT2D eigenvalue weighted by molar-refractivity contribution is 0.337. The molecule has 1 aliphatic rings. The minimum Gasteiger partial charge on any atom is -0.496 e.